The van der Waals surface area contributed by atoms with E-state index in [-0.39, 0.29) is 6.09 Å². The van der Waals surface area contributed by atoms with Gasteiger partial charge in [-0.1, -0.05) is 19.3 Å². The zero-order valence-electron chi connectivity index (χ0n) is 14.2. The number of cyclic esters (lactones) is 1. The second-order valence-electron chi connectivity index (χ2n) is 7.28. The Hall–Kier alpha value is -1.85. The highest BCUT2D eigenvalue weighted by Gasteiger charge is 2.39. The van der Waals surface area contributed by atoms with Crippen LogP contribution < -0.4 is 10.2 Å². The van der Waals surface area contributed by atoms with Crippen molar-refractivity contribution in [3.63, 3.8) is 0 Å². The topological polar surface area (TPSA) is 67.3 Å². The average Bonchev–Trinajstić information content (AvgIpc) is 2.81. The van der Waals surface area contributed by atoms with E-state index in [2.05, 4.69) is 22.2 Å². The van der Waals surface area contributed by atoms with Gasteiger partial charge >= 0.3 is 6.09 Å². The van der Waals surface area contributed by atoms with Gasteiger partial charge in [0, 0.05) is 12.2 Å². The maximum absolute atomic E-state index is 12.0. The van der Waals surface area contributed by atoms with E-state index in [9.17, 15) is 4.79 Å². The van der Waals surface area contributed by atoms with E-state index in [0.717, 1.165) is 0 Å². The molecule has 0 bridgehead atoms. The molecule has 0 unspecified atom stereocenters. The molecule has 1 amide bonds. The van der Waals surface area contributed by atoms with Crippen molar-refractivity contribution in [2.45, 2.75) is 64.5 Å². The molecule has 0 radical (unpaired) electrons. The Labute approximate surface area is 137 Å². The fourth-order valence-electron chi connectivity index (χ4n) is 3.47. The molecular formula is C17H26N4O2. The minimum absolute atomic E-state index is 0.340. The molecule has 6 nitrogen and oxygen atoms in total. The molecule has 1 saturated carbocycles. The molecule has 1 N–H and O–H groups in total. The monoisotopic (exact) mass is 318 g/mol. The number of hydrogen-bond acceptors (Lipinski definition) is 5. The number of anilines is 2. The second-order valence-corrected chi connectivity index (χ2v) is 7.28. The molecule has 126 valence electrons. The van der Waals surface area contributed by atoms with Crippen molar-refractivity contribution in [1.82, 2.24) is 9.97 Å². The number of nitrogens with one attached hydrogen (secondary N) is 1. The van der Waals surface area contributed by atoms with Gasteiger partial charge in [-0.15, -0.1) is 0 Å². The van der Waals surface area contributed by atoms with Crippen molar-refractivity contribution < 1.29 is 9.53 Å². The van der Waals surface area contributed by atoms with E-state index in [4.69, 9.17) is 4.74 Å². The van der Waals surface area contributed by atoms with E-state index >= 15 is 0 Å². The lowest BCUT2D eigenvalue weighted by molar-refractivity contribution is 0.0871. The minimum Gasteiger partial charge on any atom is -0.441 e. The summed E-state index contributed by atoms with van der Waals surface area (Å²) < 4.78 is 5.34. The van der Waals surface area contributed by atoms with Crippen LogP contribution in [0.1, 0.15) is 52.9 Å². The van der Waals surface area contributed by atoms with Crippen LogP contribution in [0.5, 0.6) is 0 Å². The third kappa shape index (κ3) is 3.74. The van der Waals surface area contributed by atoms with Crippen molar-refractivity contribution in [3.8, 4) is 0 Å². The van der Waals surface area contributed by atoms with Crippen molar-refractivity contribution in [2.75, 3.05) is 16.8 Å². The number of nitrogens with zero attached hydrogens (tertiary/aromatic N) is 3. The summed E-state index contributed by atoms with van der Waals surface area (Å²) in [6.45, 7) is 6.49. The first-order valence-electron chi connectivity index (χ1n) is 8.55. The number of aromatic nitrogens is 2. The van der Waals surface area contributed by atoms with Crippen molar-refractivity contribution in [3.05, 3.63) is 12.3 Å². The molecule has 6 heteroatoms. The van der Waals surface area contributed by atoms with E-state index < -0.39 is 5.60 Å². The van der Waals surface area contributed by atoms with Gasteiger partial charge in [-0.25, -0.2) is 9.78 Å². The molecule has 0 spiro atoms. The predicted molar refractivity (Wildman–Crippen MR) is 89.6 cm³/mol. The molecular weight excluding hydrogens is 292 g/mol. The van der Waals surface area contributed by atoms with Crippen molar-refractivity contribution >= 4 is 17.9 Å². The maximum atomic E-state index is 12.0. The van der Waals surface area contributed by atoms with Crippen LogP contribution in [0.4, 0.5) is 16.6 Å². The smallest absolute Gasteiger partial charge is 0.416 e. The van der Waals surface area contributed by atoms with Gasteiger partial charge in [0.1, 0.15) is 11.4 Å². The van der Waals surface area contributed by atoms with Crippen molar-refractivity contribution in [1.29, 1.82) is 0 Å². The Kier molecular flexibility index (Phi) is 4.41. The van der Waals surface area contributed by atoms with Gasteiger partial charge in [-0.05, 0) is 45.6 Å². The molecule has 0 aromatic carbocycles. The first-order chi connectivity index (χ1) is 10.9. The van der Waals surface area contributed by atoms with Crippen LogP contribution in [0.15, 0.2) is 12.3 Å². The first-order valence-corrected chi connectivity index (χ1v) is 8.55. The summed E-state index contributed by atoms with van der Waals surface area (Å²) in [4.78, 5) is 22.4. The van der Waals surface area contributed by atoms with Crippen molar-refractivity contribution in [2.24, 2.45) is 5.92 Å². The summed E-state index contributed by atoms with van der Waals surface area (Å²) in [6.07, 6.45) is 7.85. The SMILES string of the molecule is C[C@@H](Nc1nccc(N2CC(C)(C)OC2=O)n1)C1CCCCC1. The number of amides is 1. The standard InChI is InChI=1S/C17H26N4O2/c1-12(13-7-5-4-6-8-13)19-15-18-10-9-14(20-15)21-11-17(2,3)23-16(21)22/h9-10,12-13H,4-8,11H2,1-3H3,(H,18,19,20)/t12-/m1/s1. The normalized spacial score (nSPS) is 22.7. The molecule has 1 aliphatic carbocycles. The van der Waals surface area contributed by atoms with Crippen LogP contribution in [-0.4, -0.2) is 34.2 Å². The van der Waals surface area contributed by atoms with Crippen LogP contribution in [-0.2, 0) is 4.74 Å². The Morgan fingerprint density at radius 1 is 1.35 bits per heavy atom. The van der Waals surface area contributed by atoms with Gasteiger partial charge in [0.2, 0.25) is 5.95 Å². The highest BCUT2D eigenvalue weighted by Crippen LogP contribution is 2.29. The lowest BCUT2D eigenvalue weighted by Crippen LogP contribution is -2.30. The molecule has 1 atom stereocenters. The van der Waals surface area contributed by atoms with Crippen LogP contribution in [0.2, 0.25) is 0 Å². The van der Waals surface area contributed by atoms with Crippen LogP contribution in [0.25, 0.3) is 0 Å². The van der Waals surface area contributed by atoms with Crippen LogP contribution >= 0.6 is 0 Å². The van der Waals surface area contributed by atoms with E-state index in [0.29, 0.717) is 30.3 Å². The van der Waals surface area contributed by atoms with E-state index in [1.807, 2.05) is 13.8 Å². The van der Waals surface area contributed by atoms with E-state index in [1.165, 1.54) is 32.1 Å². The average molecular weight is 318 g/mol. The van der Waals surface area contributed by atoms with Gasteiger partial charge in [0.15, 0.2) is 0 Å². The lowest BCUT2D eigenvalue weighted by atomic mass is 9.85. The summed E-state index contributed by atoms with van der Waals surface area (Å²) >= 11 is 0. The molecule has 3 rings (SSSR count). The molecule has 23 heavy (non-hydrogen) atoms. The lowest BCUT2D eigenvalue weighted by Gasteiger charge is -2.28. The summed E-state index contributed by atoms with van der Waals surface area (Å²) in [5, 5.41) is 3.41. The zero-order valence-corrected chi connectivity index (χ0v) is 14.2. The van der Waals surface area contributed by atoms with Gasteiger partial charge in [-0.3, -0.25) is 4.90 Å². The molecule has 1 aromatic heterocycles. The fourth-order valence-corrected chi connectivity index (χ4v) is 3.47. The highest BCUT2D eigenvalue weighted by molar-refractivity contribution is 5.89. The van der Waals surface area contributed by atoms with Crippen LogP contribution in [0.3, 0.4) is 0 Å². The summed E-state index contributed by atoms with van der Waals surface area (Å²) in [5.74, 6) is 1.85. The Morgan fingerprint density at radius 2 is 2.09 bits per heavy atom. The Bertz CT molecular complexity index is 569. The van der Waals surface area contributed by atoms with E-state index in [1.54, 1.807) is 17.2 Å². The molecule has 1 saturated heterocycles. The maximum Gasteiger partial charge on any atom is 0.416 e. The number of ether oxygens (including phenoxy) is 1. The van der Waals surface area contributed by atoms with Gasteiger partial charge in [-0.2, -0.15) is 4.98 Å². The predicted octanol–water partition coefficient (Wildman–Crippen LogP) is 3.59. The number of carbonyl (C=O) groups is 1. The number of carbonyl (C=O) groups excluding carboxylic acids is 1. The zero-order chi connectivity index (χ0) is 16.4. The molecule has 2 fully saturated rings. The number of rotatable bonds is 4. The quantitative estimate of drug-likeness (QED) is 0.919. The van der Waals surface area contributed by atoms with Crippen LogP contribution in [0, 0.1) is 5.92 Å². The summed E-state index contributed by atoms with van der Waals surface area (Å²) in [5.41, 5.74) is -0.481. The third-order valence-electron chi connectivity index (χ3n) is 4.75. The van der Waals surface area contributed by atoms with Gasteiger partial charge in [0.05, 0.1) is 6.54 Å². The molecule has 1 aromatic rings. The number of hydrogen-bond donors (Lipinski definition) is 1. The largest absolute Gasteiger partial charge is 0.441 e. The summed E-state index contributed by atoms with van der Waals surface area (Å²) in [7, 11) is 0. The fraction of sp³-hybridized carbons (Fsp3) is 0.706. The molecule has 2 aliphatic rings. The van der Waals surface area contributed by atoms with Gasteiger partial charge in [0.25, 0.3) is 0 Å². The molecule has 2 heterocycles. The summed E-state index contributed by atoms with van der Waals surface area (Å²) in [6, 6.07) is 2.09. The molecule has 1 aliphatic heterocycles. The third-order valence-corrected chi connectivity index (χ3v) is 4.75. The minimum atomic E-state index is -0.481. The highest BCUT2D eigenvalue weighted by atomic mass is 16.6. The Balaban J connectivity index is 1.69. The first kappa shape index (κ1) is 16.0. The second kappa shape index (κ2) is 6.34. The Morgan fingerprint density at radius 3 is 2.74 bits per heavy atom. The van der Waals surface area contributed by atoms with Gasteiger partial charge < -0.3 is 10.1 Å².